The highest BCUT2D eigenvalue weighted by Gasteiger charge is 2.19. The second-order valence-electron chi connectivity index (χ2n) is 19.2. The van der Waals surface area contributed by atoms with E-state index < -0.39 is 6.10 Å². The lowest BCUT2D eigenvalue weighted by Gasteiger charge is -2.18. The van der Waals surface area contributed by atoms with E-state index in [1.807, 2.05) is 0 Å². The summed E-state index contributed by atoms with van der Waals surface area (Å²) in [6.07, 6.45) is 76.8. The van der Waals surface area contributed by atoms with Gasteiger partial charge in [0.2, 0.25) is 0 Å². The average molecular weight is 974 g/mol. The lowest BCUT2D eigenvalue weighted by atomic mass is 10.0. The predicted octanol–water partition coefficient (Wildman–Crippen LogP) is 19.7. The molecule has 0 N–H and O–H groups in total. The van der Waals surface area contributed by atoms with Crippen LogP contribution >= 0.6 is 0 Å². The Kier molecular flexibility index (Phi) is 54.9. The summed E-state index contributed by atoms with van der Waals surface area (Å²) in [7, 11) is 0. The van der Waals surface area contributed by atoms with Crippen LogP contribution in [0, 0.1) is 0 Å². The van der Waals surface area contributed by atoms with Gasteiger partial charge in [-0.25, -0.2) is 0 Å². The molecule has 0 aromatic heterocycles. The smallest absolute Gasteiger partial charge is 0.306 e. The first-order valence-electron chi connectivity index (χ1n) is 29.2. The Labute approximate surface area is 432 Å². The van der Waals surface area contributed by atoms with Crippen LogP contribution in [0.4, 0.5) is 0 Å². The van der Waals surface area contributed by atoms with E-state index in [0.29, 0.717) is 19.3 Å². The van der Waals surface area contributed by atoms with Gasteiger partial charge in [0.1, 0.15) is 13.2 Å². The highest BCUT2D eigenvalue weighted by molar-refractivity contribution is 5.71. The van der Waals surface area contributed by atoms with Crippen molar-refractivity contribution in [1.29, 1.82) is 0 Å². The van der Waals surface area contributed by atoms with Crippen LogP contribution < -0.4 is 0 Å². The van der Waals surface area contributed by atoms with Gasteiger partial charge in [0.15, 0.2) is 6.10 Å². The Bertz CT molecular complexity index is 1400. The topological polar surface area (TPSA) is 78.9 Å². The predicted molar refractivity (Wildman–Crippen MR) is 302 cm³/mol. The van der Waals surface area contributed by atoms with Crippen molar-refractivity contribution in [2.45, 2.75) is 277 Å². The highest BCUT2D eigenvalue weighted by atomic mass is 16.6. The van der Waals surface area contributed by atoms with Gasteiger partial charge in [-0.2, -0.15) is 0 Å². The van der Waals surface area contributed by atoms with Gasteiger partial charge in [-0.1, -0.05) is 246 Å². The molecule has 0 bridgehead atoms. The van der Waals surface area contributed by atoms with Crippen molar-refractivity contribution < 1.29 is 28.6 Å². The molecular weight excluding hydrogens is 865 g/mol. The Morgan fingerprint density at radius 3 is 0.871 bits per heavy atom. The lowest BCUT2D eigenvalue weighted by molar-refractivity contribution is -0.167. The van der Waals surface area contributed by atoms with Crippen molar-refractivity contribution in [3.63, 3.8) is 0 Å². The summed E-state index contributed by atoms with van der Waals surface area (Å²) in [5.74, 6) is -0.992. The molecule has 0 fully saturated rings. The molecule has 0 radical (unpaired) electrons. The number of ether oxygens (including phenoxy) is 3. The highest BCUT2D eigenvalue weighted by Crippen LogP contribution is 2.15. The maximum absolute atomic E-state index is 12.8. The molecule has 0 aliphatic rings. The van der Waals surface area contributed by atoms with Crippen molar-refractivity contribution in [3.8, 4) is 0 Å². The number of allylic oxidation sites excluding steroid dienone is 16. The van der Waals surface area contributed by atoms with Gasteiger partial charge in [0.25, 0.3) is 0 Å². The fourth-order valence-electron chi connectivity index (χ4n) is 7.89. The molecule has 6 heteroatoms. The fraction of sp³-hybridized carbons (Fsp3) is 0.703. The van der Waals surface area contributed by atoms with E-state index in [1.165, 1.54) is 135 Å². The Hall–Kier alpha value is -3.67. The quantitative estimate of drug-likeness (QED) is 0.0262. The Morgan fingerprint density at radius 1 is 0.286 bits per heavy atom. The van der Waals surface area contributed by atoms with Crippen molar-refractivity contribution in [1.82, 2.24) is 0 Å². The van der Waals surface area contributed by atoms with Crippen LogP contribution in [-0.2, 0) is 28.6 Å². The first-order valence-corrected chi connectivity index (χ1v) is 29.2. The lowest BCUT2D eigenvalue weighted by Crippen LogP contribution is -2.30. The van der Waals surface area contributed by atoms with Crippen LogP contribution in [0.25, 0.3) is 0 Å². The van der Waals surface area contributed by atoms with E-state index in [2.05, 4.69) is 118 Å². The first-order chi connectivity index (χ1) is 34.5. The average Bonchev–Trinajstić information content (AvgIpc) is 3.36. The minimum absolute atomic E-state index is 0.108. The third-order valence-corrected chi connectivity index (χ3v) is 12.3. The molecule has 0 amide bonds. The maximum Gasteiger partial charge on any atom is 0.306 e. The third-order valence-electron chi connectivity index (χ3n) is 12.3. The van der Waals surface area contributed by atoms with Crippen LogP contribution in [-0.4, -0.2) is 37.2 Å². The molecule has 0 heterocycles. The largest absolute Gasteiger partial charge is 0.462 e. The second-order valence-corrected chi connectivity index (χ2v) is 19.2. The number of unbranched alkanes of at least 4 members (excludes halogenated alkanes) is 25. The van der Waals surface area contributed by atoms with E-state index >= 15 is 0 Å². The molecule has 0 aliphatic heterocycles. The van der Waals surface area contributed by atoms with Crippen molar-refractivity contribution in [3.05, 3.63) is 97.2 Å². The van der Waals surface area contributed by atoms with Gasteiger partial charge >= 0.3 is 17.9 Å². The Balaban J connectivity index is 4.52. The first kappa shape index (κ1) is 66.3. The number of carbonyl (C=O) groups is 3. The zero-order valence-electron chi connectivity index (χ0n) is 45.8. The molecular formula is C64H108O6. The third kappa shape index (κ3) is 55.3. The standard InChI is InChI=1S/C64H108O6/c1-4-7-10-13-16-19-22-25-28-31-32-34-36-39-42-45-48-51-54-57-63(66)69-60-61(59-68-62(65)56-53-50-47-44-41-38-35-30-27-24-21-18-15-12-9-6-3)70-64(67)58-55-52-49-46-43-40-37-33-29-26-23-20-17-14-11-8-5-2/h16-17,19-20,25-26,28-29,32,34,37,39-40,42,46,49,61H,4-15,18,21-24,27,30-31,33,35-36,38,41,43-45,47-48,50-60H2,1-3H3/b19-16+,20-17+,28-25+,29-26+,34-32+,40-37+,42-39+,49-46+/t61-/m1/s1. The van der Waals surface area contributed by atoms with Crippen LogP contribution in [0.1, 0.15) is 271 Å². The van der Waals surface area contributed by atoms with Crippen LogP contribution in [0.2, 0.25) is 0 Å². The van der Waals surface area contributed by atoms with Gasteiger partial charge in [-0.05, 0) is 103 Å². The molecule has 0 aromatic carbocycles. The van der Waals surface area contributed by atoms with Gasteiger partial charge in [0, 0.05) is 19.3 Å². The molecule has 70 heavy (non-hydrogen) atoms. The molecule has 1 atom stereocenters. The van der Waals surface area contributed by atoms with Gasteiger partial charge in [-0.3, -0.25) is 14.4 Å². The fourth-order valence-corrected chi connectivity index (χ4v) is 7.89. The van der Waals surface area contributed by atoms with E-state index in [9.17, 15) is 14.4 Å². The SMILES string of the molecule is CCCCC/C=C/C/C=C/C/C=C/C/C=C/CCCCCC(=O)OC[C@@H](COC(=O)CCCCCCCCCCCCCCCCCC)OC(=O)CCC/C=C/C/C=C/C/C=C/C/C=C/CCCCC. The molecule has 6 nitrogen and oxygen atoms in total. The summed E-state index contributed by atoms with van der Waals surface area (Å²) in [6, 6.07) is 0. The summed E-state index contributed by atoms with van der Waals surface area (Å²) in [5, 5.41) is 0. The second kappa shape index (κ2) is 57.9. The minimum atomic E-state index is -0.819. The van der Waals surface area contributed by atoms with Gasteiger partial charge < -0.3 is 14.2 Å². The number of hydrogen-bond acceptors (Lipinski definition) is 6. The van der Waals surface area contributed by atoms with E-state index in [4.69, 9.17) is 14.2 Å². The molecule has 400 valence electrons. The van der Waals surface area contributed by atoms with Crippen molar-refractivity contribution in [2.24, 2.45) is 0 Å². The summed E-state index contributed by atoms with van der Waals surface area (Å²) < 4.78 is 16.8. The van der Waals surface area contributed by atoms with Crippen LogP contribution in [0.5, 0.6) is 0 Å². The van der Waals surface area contributed by atoms with Crippen molar-refractivity contribution in [2.75, 3.05) is 13.2 Å². The van der Waals surface area contributed by atoms with Gasteiger partial charge in [0.05, 0.1) is 0 Å². The minimum Gasteiger partial charge on any atom is -0.462 e. The van der Waals surface area contributed by atoms with E-state index in [-0.39, 0.29) is 37.5 Å². The number of rotatable bonds is 52. The molecule has 0 aromatic rings. The summed E-state index contributed by atoms with van der Waals surface area (Å²) >= 11 is 0. The maximum atomic E-state index is 12.8. The summed E-state index contributed by atoms with van der Waals surface area (Å²) in [6.45, 7) is 6.53. The molecule has 0 aliphatic carbocycles. The van der Waals surface area contributed by atoms with Crippen LogP contribution in [0.3, 0.4) is 0 Å². The van der Waals surface area contributed by atoms with Gasteiger partial charge in [-0.15, -0.1) is 0 Å². The Morgan fingerprint density at radius 2 is 0.529 bits per heavy atom. The monoisotopic (exact) mass is 973 g/mol. The molecule has 0 saturated heterocycles. The summed E-state index contributed by atoms with van der Waals surface area (Å²) in [4.78, 5) is 38.2. The molecule has 0 rings (SSSR count). The molecule has 0 unspecified atom stereocenters. The summed E-state index contributed by atoms with van der Waals surface area (Å²) in [5.41, 5.74) is 0. The van der Waals surface area contributed by atoms with E-state index in [1.54, 1.807) is 0 Å². The zero-order chi connectivity index (χ0) is 50.7. The van der Waals surface area contributed by atoms with Crippen molar-refractivity contribution >= 4 is 17.9 Å². The number of carbonyl (C=O) groups excluding carboxylic acids is 3. The molecule has 0 spiro atoms. The van der Waals surface area contributed by atoms with E-state index in [0.717, 1.165) is 89.9 Å². The van der Waals surface area contributed by atoms with Crippen LogP contribution in [0.15, 0.2) is 97.2 Å². The number of hydrogen-bond donors (Lipinski definition) is 0. The molecule has 0 saturated carbocycles. The normalized spacial score (nSPS) is 12.8. The number of esters is 3. The zero-order valence-corrected chi connectivity index (χ0v) is 45.8.